The molecule has 9 heteroatoms. The Balaban J connectivity index is 1.95. The van der Waals surface area contributed by atoms with Gasteiger partial charge in [-0.3, -0.25) is 19.3 Å². The molecule has 1 aromatic carbocycles. The Morgan fingerprint density at radius 1 is 1.03 bits per heavy atom. The highest BCUT2D eigenvalue weighted by molar-refractivity contribution is 7.99. The molecule has 0 saturated carbocycles. The van der Waals surface area contributed by atoms with E-state index in [0.717, 1.165) is 4.90 Å². The molecular formula is C25H34N2O6S. The first kappa shape index (κ1) is 26.2. The molecule has 0 N–H and O–H groups in total. The molecule has 0 radical (unpaired) electrons. The lowest BCUT2D eigenvalue weighted by molar-refractivity contribution is -0.171. The molecular weight excluding hydrogens is 456 g/mol. The lowest BCUT2D eigenvalue weighted by Gasteiger charge is -2.43. The lowest BCUT2D eigenvalue weighted by atomic mass is 10.00. The summed E-state index contributed by atoms with van der Waals surface area (Å²) in [4.78, 5) is 55.7. The number of carbonyl (C=O) groups is 4. The Bertz CT molecular complexity index is 945. The number of thioether (sulfide) groups is 1. The second-order valence-corrected chi connectivity index (χ2v) is 11.7. The normalized spacial score (nSPS) is 22.1. The van der Waals surface area contributed by atoms with Crippen LogP contribution in [0.5, 0.6) is 0 Å². The van der Waals surface area contributed by atoms with Gasteiger partial charge in [0.25, 0.3) is 11.8 Å². The fraction of sp³-hybridized carbons (Fsp3) is 0.600. The maximum Gasteiger partial charge on any atom is 0.331 e. The molecule has 1 aromatic rings. The molecule has 3 atom stereocenters. The summed E-state index contributed by atoms with van der Waals surface area (Å²) in [5, 5.41) is -0.0772. The number of amides is 3. The van der Waals surface area contributed by atoms with Gasteiger partial charge in [0.1, 0.15) is 11.6 Å². The summed E-state index contributed by atoms with van der Waals surface area (Å²) in [5.41, 5.74) is -0.716. The van der Waals surface area contributed by atoms with E-state index in [1.165, 1.54) is 16.7 Å². The predicted molar refractivity (Wildman–Crippen MR) is 130 cm³/mol. The van der Waals surface area contributed by atoms with Gasteiger partial charge in [-0.2, -0.15) is 11.8 Å². The van der Waals surface area contributed by atoms with Gasteiger partial charge in [0.2, 0.25) is 5.91 Å². The van der Waals surface area contributed by atoms with Gasteiger partial charge in [-0.1, -0.05) is 12.1 Å². The maximum absolute atomic E-state index is 13.8. The Kier molecular flexibility index (Phi) is 7.48. The van der Waals surface area contributed by atoms with Crippen molar-refractivity contribution in [1.82, 2.24) is 9.80 Å². The lowest BCUT2D eigenvalue weighted by Crippen LogP contribution is -2.62. The number of ether oxygens (including phenoxy) is 2. The van der Waals surface area contributed by atoms with Gasteiger partial charge in [-0.05, 0) is 66.4 Å². The van der Waals surface area contributed by atoms with E-state index in [4.69, 9.17) is 9.47 Å². The summed E-state index contributed by atoms with van der Waals surface area (Å²) in [5.74, 6) is -2.00. The van der Waals surface area contributed by atoms with Crippen LogP contribution in [0.3, 0.4) is 0 Å². The molecule has 34 heavy (non-hydrogen) atoms. The molecule has 0 unspecified atom stereocenters. The average Bonchev–Trinajstić information content (AvgIpc) is 2.98. The highest BCUT2D eigenvalue weighted by Crippen LogP contribution is 2.32. The third-order valence-corrected chi connectivity index (χ3v) is 6.66. The van der Waals surface area contributed by atoms with Crippen molar-refractivity contribution >= 4 is 35.5 Å². The summed E-state index contributed by atoms with van der Waals surface area (Å²) in [6, 6.07) is 4.56. The van der Waals surface area contributed by atoms with Crippen LogP contribution in [-0.2, 0) is 19.1 Å². The molecule has 2 heterocycles. The number of esters is 1. The van der Waals surface area contributed by atoms with Gasteiger partial charge in [-0.15, -0.1) is 0 Å². The summed E-state index contributed by atoms with van der Waals surface area (Å²) in [7, 11) is 0. The fourth-order valence-corrected chi connectivity index (χ4v) is 4.75. The second-order valence-electron chi connectivity index (χ2n) is 10.6. The zero-order chi connectivity index (χ0) is 25.4. The van der Waals surface area contributed by atoms with Crippen LogP contribution in [0.25, 0.3) is 0 Å². The van der Waals surface area contributed by atoms with Crippen LogP contribution in [0.2, 0.25) is 0 Å². The standard InChI is InChI=1S/C25H34N2O6S/c1-24(2,3)32-14-19(23(31)33-25(4,5)6)26-13-15(34-7)12-18(22(26)30)27-20(28)16-10-8-9-11-17(16)21(27)29/h8-11,15,18-19H,12-14H2,1-7H3/t15-,18-,19-/m0/s1. The third-order valence-electron chi connectivity index (χ3n) is 5.65. The van der Waals surface area contributed by atoms with Crippen molar-refractivity contribution in [2.75, 3.05) is 19.4 Å². The van der Waals surface area contributed by atoms with E-state index in [-0.39, 0.29) is 29.5 Å². The number of likely N-dealkylation sites (tertiary alicyclic amines) is 1. The molecule has 1 fully saturated rings. The predicted octanol–water partition coefficient (Wildman–Crippen LogP) is 3.14. The molecule has 0 aromatic heterocycles. The number of hydrogen-bond acceptors (Lipinski definition) is 7. The van der Waals surface area contributed by atoms with Gasteiger partial charge < -0.3 is 14.4 Å². The van der Waals surface area contributed by atoms with Crippen molar-refractivity contribution in [3.63, 3.8) is 0 Å². The molecule has 3 rings (SSSR count). The number of imide groups is 1. The van der Waals surface area contributed by atoms with Gasteiger partial charge in [0.15, 0.2) is 6.04 Å². The van der Waals surface area contributed by atoms with Crippen LogP contribution in [0.15, 0.2) is 24.3 Å². The monoisotopic (exact) mass is 490 g/mol. The minimum absolute atomic E-state index is 0.0555. The van der Waals surface area contributed by atoms with E-state index < -0.39 is 47.0 Å². The molecule has 3 amide bonds. The molecule has 2 aliphatic rings. The number of fused-ring (bicyclic) bond motifs is 1. The highest BCUT2D eigenvalue weighted by atomic mass is 32.2. The number of rotatable bonds is 6. The SMILES string of the molecule is CS[C@H]1C[C@H](N2C(=O)c3ccccc3C2=O)C(=O)N([C@@H](COC(C)(C)C)C(=O)OC(C)(C)C)C1. The number of benzene rings is 1. The molecule has 0 aliphatic carbocycles. The van der Waals surface area contributed by atoms with Crippen LogP contribution >= 0.6 is 11.8 Å². The van der Waals surface area contributed by atoms with E-state index in [0.29, 0.717) is 6.42 Å². The quantitative estimate of drug-likeness (QED) is 0.447. The van der Waals surface area contributed by atoms with Crippen LogP contribution in [-0.4, -0.2) is 81.4 Å². The largest absolute Gasteiger partial charge is 0.458 e. The number of piperidine rings is 1. The van der Waals surface area contributed by atoms with Gasteiger partial charge in [0.05, 0.1) is 23.3 Å². The van der Waals surface area contributed by atoms with Crippen molar-refractivity contribution in [2.45, 2.75) is 76.5 Å². The van der Waals surface area contributed by atoms with Crippen molar-refractivity contribution in [2.24, 2.45) is 0 Å². The van der Waals surface area contributed by atoms with Gasteiger partial charge in [-0.25, -0.2) is 4.79 Å². The van der Waals surface area contributed by atoms with Crippen LogP contribution in [0, 0.1) is 0 Å². The van der Waals surface area contributed by atoms with Crippen molar-refractivity contribution in [3.8, 4) is 0 Å². The van der Waals surface area contributed by atoms with E-state index in [9.17, 15) is 19.2 Å². The first-order valence-corrected chi connectivity index (χ1v) is 12.7. The van der Waals surface area contributed by atoms with Gasteiger partial charge in [0, 0.05) is 11.8 Å². The van der Waals surface area contributed by atoms with Crippen molar-refractivity contribution in [1.29, 1.82) is 0 Å². The molecule has 8 nitrogen and oxygen atoms in total. The Morgan fingerprint density at radius 2 is 1.59 bits per heavy atom. The van der Waals surface area contributed by atoms with Crippen molar-refractivity contribution < 1.29 is 28.7 Å². The second kappa shape index (κ2) is 9.70. The number of hydrogen-bond donors (Lipinski definition) is 0. The first-order chi connectivity index (χ1) is 15.7. The third kappa shape index (κ3) is 5.63. The van der Waals surface area contributed by atoms with Crippen LogP contribution in [0.1, 0.15) is 68.7 Å². The summed E-state index contributed by atoms with van der Waals surface area (Å²) >= 11 is 1.53. The summed E-state index contributed by atoms with van der Waals surface area (Å²) in [6.07, 6.45) is 2.23. The van der Waals surface area contributed by atoms with E-state index in [2.05, 4.69) is 0 Å². The smallest absolute Gasteiger partial charge is 0.331 e. The molecule has 2 aliphatic heterocycles. The van der Waals surface area contributed by atoms with E-state index >= 15 is 0 Å². The minimum Gasteiger partial charge on any atom is -0.458 e. The highest BCUT2D eigenvalue weighted by Gasteiger charge is 2.49. The van der Waals surface area contributed by atoms with Crippen molar-refractivity contribution in [3.05, 3.63) is 35.4 Å². The summed E-state index contributed by atoms with van der Waals surface area (Å²) < 4.78 is 11.5. The number of carbonyl (C=O) groups excluding carboxylic acids is 4. The zero-order valence-electron chi connectivity index (χ0n) is 20.9. The summed E-state index contributed by atoms with van der Waals surface area (Å²) in [6.45, 7) is 11.1. The topological polar surface area (TPSA) is 93.2 Å². The molecule has 1 saturated heterocycles. The molecule has 0 bridgehead atoms. The maximum atomic E-state index is 13.8. The molecule has 186 valence electrons. The zero-order valence-corrected chi connectivity index (χ0v) is 21.7. The Morgan fingerprint density at radius 3 is 2.06 bits per heavy atom. The van der Waals surface area contributed by atoms with E-state index in [1.807, 2.05) is 27.0 Å². The van der Waals surface area contributed by atoms with Crippen LogP contribution < -0.4 is 0 Å². The minimum atomic E-state index is -1.00. The van der Waals surface area contributed by atoms with Gasteiger partial charge >= 0.3 is 5.97 Å². The van der Waals surface area contributed by atoms with E-state index in [1.54, 1.807) is 45.0 Å². The number of nitrogens with zero attached hydrogens (tertiary/aromatic N) is 2. The first-order valence-electron chi connectivity index (χ1n) is 11.4. The average molecular weight is 491 g/mol. The van der Waals surface area contributed by atoms with Crippen LogP contribution in [0.4, 0.5) is 0 Å². The Hall–Kier alpha value is -2.39. The Labute approximate surface area is 205 Å². The fourth-order valence-electron chi connectivity index (χ4n) is 4.07. The molecule has 0 spiro atoms.